The van der Waals surface area contributed by atoms with Gasteiger partial charge in [-0.15, -0.1) is 0 Å². The van der Waals surface area contributed by atoms with E-state index in [9.17, 15) is 5.11 Å². The third kappa shape index (κ3) is 1.92. The lowest BCUT2D eigenvalue weighted by atomic mass is 9.49. The van der Waals surface area contributed by atoms with Crippen LogP contribution in [0.1, 0.15) is 77.6 Å². The van der Waals surface area contributed by atoms with Crippen molar-refractivity contribution in [3.8, 4) is 0 Å². The lowest BCUT2D eigenvalue weighted by molar-refractivity contribution is -0.281. The zero-order valence-electron chi connectivity index (χ0n) is 14.1. The van der Waals surface area contributed by atoms with Crippen molar-refractivity contribution >= 4 is 0 Å². The summed E-state index contributed by atoms with van der Waals surface area (Å²) in [7, 11) is 0. The monoisotopic (exact) mass is 304 g/mol. The van der Waals surface area contributed by atoms with Crippen molar-refractivity contribution in [2.24, 2.45) is 35.0 Å². The van der Waals surface area contributed by atoms with Crippen LogP contribution in [-0.4, -0.2) is 17.0 Å². The van der Waals surface area contributed by atoms with Crippen LogP contribution in [0.4, 0.5) is 0 Å². The van der Waals surface area contributed by atoms with E-state index in [2.05, 4.69) is 6.92 Å². The van der Waals surface area contributed by atoms with E-state index in [0.717, 1.165) is 36.0 Å². The number of aliphatic hydroxyl groups is 1. The lowest BCUT2D eigenvalue weighted by Gasteiger charge is -2.59. The van der Waals surface area contributed by atoms with Crippen molar-refractivity contribution in [2.45, 2.75) is 89.4 Å². The molecular formula is C20H32O2. The average molecular weight is 304 g/mol. The van der Waals surface area contributed by atoms with Crippen LogP contribution in [0, 0.1) is 35.0 Å². The van der Waals surface area contributed by atoms with E-state index >= 15 is 0 Å². The molecule has 0 aromatic rings. The topological polar surface area (TPSA) is 29.5 Å². The number of aliphatic hydroxyl groups excluding tert-OH is 1. The third-order valence-electron chi connectivity index (χ3n) is 8.47. The molecule has 6 fully saturated rings. The summed E-state index contributed by atoms with van der Waals surface area (Å²) in [6.45, 7) is 2.28. The highest BCUT2D eigenvalue weighted by atomic mass is 16.6. The quantitative estimate of drug-likeness (QED) is 0.775. The van der Waals surface area contributed by atoms with Gasteiger partial charge in [-0.25, -0.2) is 0 Å². The molecule has 6 aliphatic rings. The fourth-order valence-electron chi connectivity index (χ4n) is 7.88. The van der Waals surface area contributed by atoms with Gasteiger partial charge in [0.15, 0.2) is 6.29 Å². The van der Waals surface area contributed by atoms with E-state index < -0.39 is 6.29 Å². The zero-order valence-corrected chi connectivity index (χ0v) is 14.1. The molecule has 1 unspecified atom stereocenters. The van der Waals surface area contributed by atoms with E-state index in [1.165, 1.54) is 64.2 Å². The van der Waals surface area contributed by atoms with Crippen LogP contribution in [0.25, 0.3) is 0 Å². The Morgan fingerprint density at radius 3 is 2.00 bits per heavy atom. The summed E-state index contributed by atoms with van der Waals surface area (Å²) in [6, 6.07) is 0. The van der Waals surface area contributed by atoms with Crippen LogP contribution in [-0.2, 0) is 4.74 Å². The van der Waals surface area contributed by atoms with Gasteiger partial charge in [0.25, 0.3) is 0 Å². The van der Waals surface area contributed by atoms with Gasteiger partial charge in [0, 0.05) is 5.41 Å². The Bertz CT molecular complexity index is 423. The molecule has 0 aliphatic heterocycles. The highest BCUT2D eigenvalue weighted by Gasteiger charge is 2.58. The van der Waals surface area contributed by atoms with Crippen LogP contribution < -0.4 is 0 Å². The molecule has 0 aromatic carbocycles. The highest BCUT2D eigenvalue weighted by molar-refractivity contribution is 5.06. The smallest absolute Gasteiger partial charge is 0.160 e. The minimum absolute atomic E-state index is 0.0195. The molecular weight excluding hydrogens is 272 g/mol. The predicted octanol–water partition coefficient (Wildman–Crippen LogP) is 4.51. The zero-order chi connectivity index (χ0) is 14.9. The highest BCUT2D eigenvalue weighted by Crippen LogP contribution is 2.63. The van der Waals surface area contributed by atoms with Gasteiger partial charge in [0.05, 0.1) is 5.60 Å². The van der Waals surface area contributed by atoms with E-state index in [-0.39, 0.29) is 11.0 Å². The maximum Gasteiger partial charge on any atom is 0.160 e. The van der Waals surface area contributed by atoms with Crippen molar-refractivity contribution < 1.29 is 9.84 Å². The van der Waals surface area contributed by atoms with Gasteiger partial charge in [0.1, 0.15) is 0 Å². The molecule has 124 valence electrons. The molecule has 22 heavy (non-hydrogen) atoms. The molecule has 6 saturated carbocycles. The first-order valence-corrected chi connectivity index (χ1v) is 9.97. The van der Waals surface area contributed by atoms with Crippen LogP contribution in [0.2, 0.25) is 0 Å². The molecule has 6 bridgehead atoms. The summed E-state index contributed by atoms with van der Waals surface area (Å²) in [6.07, 6.45) is 14.0. The van der Waals surface area contributed by atoms with Crippen molar-refractivity contribution in [3.05, 3.63) is 0 Å². The second-order valence-corrected chi connectivity index (χ2v) is 9.75. The van der Waals surface area contributed by atoms with Gasteiger partial charge in [-0.3, -0.25) is 0 Å². The molecule has 6 rings (SSSR count). The summed E-state index contributed by atoms with van der Waals surface area (Å²) in [4.78, 5) is 0. The maximum absolute atomic E-state index is 11.2. The lowest BCUT2D eigenvalue weighted by Crippen LogP contribution is -2.55. The van der Waals surface area contributed by atoms with Crippen LogP contribution >= 0.6 is 0 Å². The predicted molar refractivity (Wildman–Crippen MR) is 86.2 cm³/mol. The Kier molecular flexibility index (Phi) is 3.07. The summed E-state index contributed by atoms with van der Waals surface area (Å²) < 4.78 is 6.62. The number of rotatable bonds is 4. The molecule has 0 aromatic heterocycles. The number of ether oxygens (including phenoxy) is 1. The molecule has 2 nitrogen and oxygen atoms in total. The molecule has 0 radical (unpaired) electrons. The normalized spacial score (nSPS) is 56.7. The molecule has 2 heteroatoms. The maximum atomic E-state index is 11.2. The van der Waals surface area contributed by atoms with E-state index in [0.29, 0.717) is 0 Å². The van der Waals surface area contributed by atoms with Crippen molar-refractivity contribution in [1.82, 2.24) is 0 Å². The standard InChI is InChI=1S/C20H32O2/c1-2-20(12-13-3-4-17(20)8-13)22-18(21)19-9-14-5-15(10-19)7-16(6-14)11-19/h13-18,21H,2-12H2,1H3/t13-,14?,15?,16?,17+,18?,19?,20+/m0/s1. The molecule has 6 aliphatic carbocycles. The summed E-state index contributed by atoms with van der Waals surface area (Å²) in [5, 5.41) is 11.2. The fraction of sp³-hybridized carbons (Fsp3) is 1.00. The van der Waals surface area contributed by atoms with Gasteiger partial charge in [-0.05, 0) is 100 Å². The molecule has 4 atom stereocenters. The van der Waals surface area contributed by atoms with Gasteiger partial charge >= 0.3 is 0 Å². The fourth-order valence-corrected chi connectivity index (χ4v) is 7.88. The Morgan fingerprint density at radius 1 is 0.909 bits per heavy atom. The van der Waals surface area contributed by atoms with Crippen molar-refractivity contribution in [2.75, 3.05) is 0 Å². The minimum atomic E-state index is -0.486. The van der Waals surface area contributed by atoms with Crippen molar-refractivity contribution in [1.29, 1.82) is 0 Å². The SMILES string of the molecule is CC[C@@]1(OC(O)C23CC4CC(CC(C4)C2)C3)C[C@H]2CC[C@@H]1C2. The van der Waals surface area contributed by atoms with Crippen LogP contribution in [0.15, 0.2) is 0 Å². The third-order valence-corrected chi connectivity index (χ3v) is 8.47. The van der Waals surface area contributed by atoms with Gasteiger partial charge < -0.3 is 9.84 Å². The molecule has 0 amide bonds. The van der Waals surface area contributed by atoms with Crippen LogP contribution in [0.5, 0.6) is 0 Å². The largest absolute Gasteiger partial charge is 0.367 e. The summed E-state index contributed by atoms with van der Waals surface area (Å²) in [5.41, 5.74) is 0.143. The van der Waals surface area contributed by atoms with Gasteiger partial charge in [-0.1, -0.05) is 6.92 Å². The Balaban J connectivity index is 1.37. The van der Waals surface area contributed by atoms with Crippen LogP contribution in [0.3, 0.4) is 0 Å². The second kappa shape index (κ2) is 4.72. The Labute approximate surface area is 135 Å². The Morgan fingerprint density at radius 2 is 1.55 bits per heavy atom. The molecule has 0 heterocycles. The van der Waals surface area contributed by atoms with E-state index in [4.69, 9.17) is 4.74 Å². The van der Waals surface area contributed by atoms with Gasteiger partial charge in [-0.2, -0.15) is 0 Å². The molecule has 0 spiro atoms. The molecule has 0 saturated heterocycles. The number of hydrogen-bond acceptors (Lipinski definition) is 2. The Hall–Kier alpha value is -0.0800. The number of fused-ring (bicyclic) bond motifs is 2. The summed E-state index contributed by atoms with van der Waals surface area (Å²) in [5.74, 6) is 4.28. The first-order chi connectivity index (χ1) is 10.6. The first-order valence-electron chi connectivity index (χ1n) is 9.97. The van der Waals surface area contributed by atoms with E-state index in [1.54, 1.807) is 0 Å². The van der Waals surface area contributed by atoms with E-state index in [1.807, 2.05) is 0 Å². The minimum Gasteiger partial charge on any atom is -0.367 e. The summed E-state index contributed by atoms with van der Waals surface area (Å²) >= 11 is 0. The average Bonchev–Trinajstić information content (AvgIpc) is 3.07. The number of hydrogen-bond donors (Lipinski definition) is 1. The first kappa shape index (κ1) is 14.3. The van der Waals surface area contributed by atoms with Gasteiger partial charge in [0.2, 0.25) is 0 Å². The second-order valence-electron chi connectivity index (χ2n) is 9.75. The van der Waals surface area contributed by atoms with Crippen molar-refractivity contribution in [3.63, 3.8) is 0 Å². The molecule has 1 N–H and O–H groups in total.